The summed E-state index contributed by atoms with van der Waals surface area (Å²) < 4.78 is 5.43. The van der Waals surface area contributed by atoms with Crippen LogP contribution in [0.3, 0.4) is 0 Å². The largest absolute Gasteiger partial charge is 0.423 e. The lowest BCUT2D eigenvalue weighted by molar-refractivity contribution is 0.0733. The van der Waals surface area contributed by atoms with E-state index in [0.29, 0.717) is 11.3 Å². The molecule has 0 bridgehead atoms. The molecule has 0 aromatic heterocycles. The van der Waals surface area contributed by atoms with Gasteiger partial charge in [0.1, 0.15) is 5.75 Å². The summed E-state index contributed by atoms with van der Waals surface area (Å²) in [5.74, 6) is 0.314. The van der Waals surface area contributed by atoms with E-state index < -0.39 is 0 Å². The van der Waals surface area contributed by atoms with Gasteiger partial charge in [0.25, 0.3) is 0 Å². The maximum atomic E-state index is 12.0. The summed E-state index contributed by atoms with van der Waals surface area (Å²) >= 11 is 0. The molecule has 0 spiro atoms. The van der Waals surface area contributed by atoms with Gasteiger partial charge in [0.2, 0.25) is 0 Å². The molecule has 0 heterocycles. The second-order valence-corrected chi connectivity index (χ2v) is 4.53. The van der Waals surface area contributed by atoms with Crippen molar-refractivity contribution in [3.63, 3.8) is 0 Å². The van der Waals surface area contributed by atoms with E-state index in [1.165, 1.54) is 0 Å². The smallest absolute Gasteiger partial charge is 0.343 e. The third kappa shape index (κ3) is 2.77. The van der Waals surface area contributed by atoms with Crippen LogP contribution in [0.5, 0.6) is 5.75 Å². The summed E-state index contributed by atoms with van der Waals surface area (Å²) in [5, 5.41) is 0. The van der Waals surface area contributed by atoms with Crippen molar-refractivity contribution in [3.8, 4) is 5.75 Å². The molecule has 0 fully saturated rings. The Hall–Kier alpha value is -2.09. The number of hydrogen-bond donors (Lipinski definition) is 0. The van der Waals surface area contributed by atoms with Crippen molar-refractivity contribution >= 4 is 5.97 Å². The second-order valence-electron chi connectivity index (χ2n) is 4.53. The summed E-state index contributed by atoms with van der Waals surface area (Å²) in [6, 6.07) is 13.2. The normalized spacial score (nSPS) is 10.2. The van der Waals surface area contributed by atoms with E-state index in [1.807, 2.05) is 57.2 Å². The number of carbonyl (C=O) groups is 1. The molecule has 0 atom stereocenters. The SMILES string of the molecule is Cc1cccc(C(=O)Oc2cc(C)ccc2C)c1. The molecule has 2 nitrogen and oxygen atoms in total. The minimum atomic E-state index is -0.313. The number of ether oxygens (including phenoxy) is 1. The van der Waals surface area contributed by atoms with Gasteiger partial charge in [0.15, 0.2) is 0 Å². The van der Waals surface area contributed by atoms with Gasteiger partial charge in [-0.3, -0.25) is 0 Å². The van der Waals surface area contributed by atoms with Crippen molar-refractivity contribution in [2.24, 2.45) is 0 Å². The maximum Gasteiger partial charge on any atom is 0.343 e. The molecular formula is C16H16O2. The van der Waals surface area contributed by atoms with E-state index in [-0.39, 0.29) is 5.97 Å². The zero-order valence-electron chi connectivity index (χ0n) is 10.9. The van der Waals surface area contributed by atoms with Gasteiger partial charge in [0, 0.05) is 0 Å². The molecule has 0 radical (unpaired) electrons. The van der Waals surface area contributed by atoms with Crippen LogP contribution in [0, 0.1) is 20.8 Å². The Kier molecular flexibility index (Phi) is 3.47. The molecule has 0 aliphatic rings. The zero-order valence-corrected chi connectivity index (χ0v) is 10.9. The molecule has 0 aliphatic carbocycles. The zero-order chi connectivity index (χ0) is 13.1. The molecular weight excluding hydrogens is 224 g/mol. The first kappa shape index (κ1) is 12.4. The summed E-state index contributed by atoms with van der Waals surface area (Å²) in [7, 11) is 0. The van der Waals surface area contributed by atoms with Crippen LogP contribution in [0.15, 0.2) is 42.5 Å². The molecule has 92 valence electrons. The number of hydrogen-bond acceptors (Lipinski definition) is 2. The van der Waals surface area contributed by atoms with Crippen molar-refractivity contribution in [2.45, 2.75) is 20.8 Å². The van der Waals surface area contributed by atoms with E-state index in [9.17, 15) is 4.79 Å². The minimum absolute atomic E-state index is 0.313. The van der Waals surface area contributed by atoms with Gasteiger partial charge in [-0.2, -0.15) is 0 Å². The summed E-state index contributed by atoms with van der Waals surface area (Å²) in [5.41, 5.74) is 3.66. The number of rotatable bonds is 2. The van der Waals surface area contributed by atoms with Crippen LogP contribution in [0.2, 0.25) is 0 Å². The van der Waals surface area contributed by atoms with Crippen LogP contribution < -0.4 is 4.74 Å². The Morgan fingerprint density at radius 1 is 0.944 bits per heavy atom. The van der Waals surface area contributed by atoms with Crippen molar-refractivity contribution in [3.05, 3.63) is 64.7 Å². The summed E-state index contributed by atoms with van der Waals surface area (Å²) in [6.45, 7) is 5.86. The topological polar surface area (TPSA) is 26.3 Å². The second kappa shape index (κ2) is 5.05. The molecule has 0 aliphatic heterocycles. The van der Waals surface area contributed by atoms with E-state index in [2.05, 4.69) is 0 Å². The highest BCUT2D eigenvalue weighted by atomic mass is 16.5. The first-order valence-electron chi connectivity index (χ1n) is 5.92. The Balaban J connectivity index is 2.24. The number of esters is 1. The third-order valence-corrected chi connectivity index (χ3v) is 2.80. The lowest BCUT2D eigenvalue weighted by Crippen LogP contribution is -2.09. The lowest BCUT2D eigenvalue weighted by Gasteiger charge is -2.08. The van der Waals surface area contributed by atoms with Crippen molar-refractivity contribution in [1.29, 1.82) is 0 Å². The average Bonchev–Trinajstić information content (AvgIpc) is 2.34. The lowest BCUT2D eigenvalue weighted by atomic mass is 10.1. The van der Waals surface area contributed by atoms with Crippen LogP contribution >= 0.6 is 0 Å². The van der Waals surface area contributed by atoms with Crippen LogP contribution in [-0.2, 0) is 0 Å². The van der Waals surface area contributed by atoms with Crippen LogP contribution in [0.4, 0.5) is 0 Å². The monoisotopic (exact) mass is 240 g/mol. The standard InChI is InChI=1S/C16H16O2/c1-11-5-4-6-14(9-11)16(17)18-15-10-12(2)7-8-13(15)3/h4-10H,1-3H3. The summed E-state index contributed by atoms with van der Waals surface area (Å²) in [4.78, 5) is 12.0. The van der Waals surface area contributed by atoms with Crippen LogP contribution in [-0.4, -0.2) is 5.97 Å². The fraction of sp³-hybridized carbons (Fsp3) is 0.188. The Bertz CT molecular complexity index is 585. The number of aryl methyl sites for hydroxylation is 3. The van der Waals surface area contributed by atoms with Gasteiger partial charge < -0.3 is 4.74 Å². The molecule has 0 amide bonds. The molecule has 2 rings (SSSR count). The van der Waals surface area contributed by atoms with Crippen molar-refractivity contribution in [1.82, 2.24) is 0 Å². The average molecular weight is 240 g/mol. The van der Waals surface area contributed by atoms with E-state index in [4.69, 9.17) is 4.74 Å². The quantitative estimate of drug-likeness (QED) is 0.589. The molecule has 0 saturated heterocycles. The number of carbonyl (C=O) groups excluding carboxylic acids is 1. The van der Waals surface area contributed by atoms with Gasteiger partial charge in [-0.1, -0.05) is 29.8 Å². The van der Waals surface area contributed by atoms with Gasteiger partial charge in [-0.05, 0) is 50.1 Å². The maximum absolute atomic E-state index is 12.0. The number of benzene rings is 2. The first-order chi connectivity index (χ1) is 8.56. The molecule has 0 unspecified atom stereocenters. The van der Waals surface area contributed by atoms with Gasteiger partial charge in [-0.25, -0.2) is 4.79 Å². The van der Waals surface area contributed by atoms with Crippen molar-refractivity contribution in [2.75, 3.05) is 0 Å². The Morgan fingerprint density at radius 2 is 1.67 bits per heavy atom. The molecule has 2 aromatic carbocycles. The van der Waals surface area contributed by atoms with Crippen LogP contribution in [0.1, 0.15) is 27.0 Å². The fourth-order valence-corrected chi connectivity index (χ4v) is 1.75. The van der Waals surface area contributed by atoms with Gasteiger partial charge >= 0.3 is 5.97 Å². The van der Waals surface area contributed by atoms with E-state index >= 15 is 0 Å². The predicted octanol–water partition coefficient (Wildman–Crippen LogP) is 3.83. The van der Waals surface area contributed by atoms with E-state index in [0.717, 1.165) is 16.7 Å². The molecule has 2 aromatic rings. The first-order valence-corrected chi connectivity index (χ1v) is 5.92. The highest BCUT2D eigenvalue weighted by molar-refractivity contribution is 5.91. The summed E-state index contributed by atoms with van der Waals surface area (Å²) in [6.07, 6.45) is 0. The fourth-order valence-electron chi connectivity index (χ4n) is 1.75. The predicted molar refractivity (Wildman–Crippen MR) is 72.1 cm³/mol. The Labute approximate surface area is 107 Å². The molecule has 0 saturated carbocycles. The highest BCUT2D eigenvalue weighted by Gasteiger charge is 2.10. The van der Waals surface area contributed by atoms with E-state index in [1.54, 1.807) is 6.07 Å². The highest BCUT2D eigenvalue weighted by Crippen LogP contribution is 2.20. The van der Waals surface area contributed by atoms with Gasteiger partial charge in [-0.15, -0.1) is 0 Å². The molecule has 0 N–H and O–H groups in total. The third-order valence-electron chi connectivity index (χ3n) is 2.80. The molecule has 2 heteroatoms. The molecule has 18 heavy (non-hydrogen) atoms. The van der Waals surface area contributed by atoms with Gasteiger partial charge in [0.05, 0.1) is 5.56 Å². The van der Waals surface area contributed by atoms with Crippen molar-refractivity contribution < 1.29 is 9.53 Å². The van der Waals surface area contributed by atoms with Crippen LogP contribution in [0.25, 0.3) is 0 Å². The Morgan fingerprint density at radius 3 is 2.39 bits per heavy atom. The minimum Gasteiger partial charge on any atom is -0.423 e.